The molecule has 3 amide bonds. The summed E-state index contributed by atoms with van der Waals surface area (Å²) in [6, 6.07) is 12.9. The number of hydrogen-bond donors (Lipinski definition) is 2. The maximum Gasteiger partial charge on any atom is 0.258 e. The van der Waals surface area contributed by atoms with Crippen LogP contribution in [-0.2, 0) is 11.2 Å². The van der Waals surface area contributed by atoms with Gasteiger partial charge in [-0.1, -0.05) is 12.6 Å². The third-order valence-corrected chi connectivity index (χ3v) is 6.16. The van der Waals surface area contributed by atoms with Gasteiger partial charge in [0.05, 0.1) is 17.5 Å². The van der Waals surface area contributed by atoms with E-state index < -0.39 is 23.4 Å². The summed E-state index contributed by atoms with van der Waals surface area (Å²) in [6.07, 6.45) is -0.0230. The Kier molecular flexibility index (Phi) is 7.62. The monoisotopic (exact) mass is 531 g/mol. The summed E-state index contributed by atoms with van der Waals surface area (Å²) in [5.41, 5.74) is 2.70. The van der Waals surface area contributed by atoms with Gasteiger partial charge in [-0.3, -0.25) is 14.4 Å². The predicted octanol–water partition coefficient (Wildman–Crippen LogP) is 5.30. The van der Waals surface area contributed by atoms with Crippen molar-refractivity contribution in [2.24, 2.45) is 0 Å². The van der Waals surface area contributed by atoms with Crippen molar-refractivity contribution in [3.05, 3.63) is 95.2 Å². The third kappa shape index (κ3) is 5.57. The van der Waals surface area contributed by atoms with E-state index in [0.29, 0.717) is 38.9 Å². The van der Waals surface area contributed by atoms with Crippen LogP contribution in [0, 0.1) is 11.6 Å². The Hall–Kier alpha value is -4.79. The maximum absolute atomic E-state index is 14.6. The van der Waals surface area contributed by atoms with Gasteiger partial charge in [0.15, 0.2) is 0 Å². The Morgan fingerprint density at radius 1 is 0.949 bits per heavy atom. The lowest BCUT2D eigenvalue weighted by Crippen LogP contribution is -2.24. The Bertz CT molecular complexity index is 1620. The minimum Gasteiger partial charge on any atom is -0.455 e. The summed E-state index contributed by atoms with van der Waals surface area (Å²) in [5.74, 6) is -2.23. The quantitative estimate of drug-likeness (QED) is 0.339. The lowest BCUT2D eigenvalue weighted by Gasteiger charge is -2.15. The van der Waals surface area contributed by atoms with E-state index in [9.17, 15) is 23.2 Å². The number of benzene rings is 3. The van der Waals surface area contributed by atoms with E-state index in [4.69, 9.17) is 4.42 Å². The molecule has 0 fully saturated rings. The highest BCUT2D eigenvalue weighted by Crippen LogP contribution is 2.38. The van der Waals surface area contributed by atoms with Gasteiger partial charge >= 0.3 is 0 Å². The fourth-order valence-electron chi connectivity index (χ4n) is 4.20. The molecule has 1 heterocycles. The van der Waals surface area contributed by atoms with Gasteiger partial charge in [0.2, 0.25) is 5.91 Å². The van der Waals surface area contributed by atoms with Crippen LogP contribution in [0.15, 0.2) is 71.3 Å². The number of nitrogens with one attached hydrogen (secondary N) is 2. The van der Waals surface area contributed by atoms with Gasteiger partial charge in [0.1, 0.15) is 23.0 Å². The second kappa shape index (κ2) is 10.9. The van der Waals surface area contributed by atoms with Crippen molar-refractivity contribution in [3.63, 3.8) is 0 Å². The van der Waals surface area contributed by atoms with Gasteiger partial charge in [-0.15, -0.1) is 0 Å². The van der Waals surface area contributed by atoms with E-state index in [2.05, 4.69) is 17.2 Å². The first kappa shape index (κ1) is 27.3. The normalized spacial score (nSPS) is 10.8. The summed E-state index contributed by atoms with van der Waals surface area (Å²) in [7, 11) is 4.73. The van der Waals surface area contributed by atoms with Crippen LogP contribution >= 0.6 is 0 Å². The average molecular weight is 532 g/mol. The minimum absolute atomic E-state index is 0.0230. The van der Waals surface area contributed by atoms with E-state index in [1.54, 1.807) is 33.2 Å². The van der Waals surface area contributed by atoms with Crippen LogP contribution in [0.2, 0.25) is 0 Å². The van der Waals surface area contributed by atoms with Crippen LogP contribution in [0.4, 0.5) is 8.78 Å². The molecule has 200 valence electrons. The number of hydrogen-bond acceptors (Lipinski definition) is 4. The highest BCUT2D eigenvalue weighted by Gasteiger charge is 2.25. The van der Waals surface area contributed by atoms with Crippen molar-refractivity contribution >= 4 is 28.7 Å². The highest BCUT2D eigenvalue weighted by atomic mass is 19.1. The molecule has 3 aromatic carbocycles. The summed E-state index contributed by atoms with van der Waals surface area (Å²) in [5, 5.41) is 5.54. The standard InChI is InChI=1S/C30H27F2N3O4/c1-16(2)34-29(37)22-12-18(8-11-24(22)32)21-15-23-25(13-19(21)14-26(36)35(4)5)39-28(27(23)30(38)33-3)17-6-9-20(31)10-7-17/h6-13,15H,1,14H2,2-5H3,(H,33,38)(H,34,37). The van der Waals surface area contributed by atoms with Crippen molar-refractivity contribution in [1.82, 2.24) is 15.5 Å². The first-order chi connectivity index (χ1) is 18.5. The maximum atomic E-state index is 14.6. The number of furan rings is 1. The summed E-state index contributed by atoms with van der Waals surface area (Å²) in [6.45, 7) is 5.21. The van der Waals surface area contributed by atoms with E-state index in [-0.39, 0.29) is 29.2 Å². The van der Waals surface area contributed by atoms with Crippen LogP contribution in [0.5, 0.6) is 0 Å². The molecule has 0 bridgehead atoms. The first-order valence-electron chi connectivity index (χ1n) is 12.0. The number of carbonyl (C=O) groups is 3. The van der Waals surface area contributed by atoms with Crippen LogP contribution in [-0.4, -0.2) is 43.8 Å². The fraction of sp³-hybridized carbons (Fsp3) is 0.167. The number of amides is 3. The Morgan fingerprint density at radius 2 is 1.62 bits per heavy atom. The number of fused-ring (bicyclic) bond motifs is 1. The Balaban J connectivity index is 2.00. The molecule has 4 rings (SSSR count). The zero-order chi connectivity index (χ0) is 28.4. The van der Waals surface area contributed by atoms with Crippen molar-refractivity contribution in [1.29, 1.82) is 0 Å². The molecule has 0 saturated heterocycles. The molecule has 0 saturated carbocycles. The van der Waals surface area contributed by atoms with Crippen molar-refractivity contribution in [3.8, 4) is 22.5 Å². The van der Waals surface area contributed by atoms with Gasteiger partial charge < -0.3 is 20.0 Å². The zero-order valence-electron chi connectivity index (χ0n) is 21.9. The van der Waals surface area contributed by atoms with Crippen molar-refractivity contribution < 1.29 is 27.6 Å². The molecule has 0 aliphatic rings. The van der Waals surface area contributed by atoms with E-state index in [0.717, 1.165) is 0 Å². The number of rotatable bonds is 7. The number of carbonyl (C=O) groups excluding carboxylic acids is 3. The zero-order valence-corrected chi connectivity index (χ0v) is 21.9. The van der Waals surface area contributed by atoms with E-state index in [1.165, 1.54) is 54.4 Å². The van der Waals surface area contributed by atoms with Crippen molar-refractivity contribution in [2.45, 2.75) is 13.3 Å². The summed E-state index contributed by atoms with van der Waals surface area (Å²) in [4.78, 5) is 39.8. The largest absolute Gasteiger partial charge is 0.455 e. The molecule has 0 spiro atoms. The third-order valence-electron chi connectivity index (χ3n) is 6.16. The predicted molar refractivity (Wildman–Crippen MR) is 145 cm³/mol. The van der Waals surface area contributed by atoms with Crippen LogP contribution in [0.1, 0.15) is 33.2 Å². The summed E-state index contributed by atoms with van der Waals surface area (Å²) >= 11 is 0. The Morgan fingerprint density at radius 3 is 2.23 bits per heavy atom. The van der Waals surface area contributed by atoms with Gasteiger partial charge in [0, 0.05) is 37.8 Å². The smallest absolute Gasteiger partial charge is 0.258 e. The van der Waals surface area contributed by atoms with Gasteiger partial charge in [-0.25, -0.2) is 8.78 Å². The van der Waals surface area contributed by atoms with E-state index >= 15 is 0 Å². The molecule has 0 aliphatic heterocycles. The lowest BCUT2D eigenvalue weighted by molar-refractivity contribution is -0.127. The van der Waals surface area contributed by atoms with Gasteiger partial charge in [-0.2, -0.15) is 0 Å². The van der Waals surface area contributed by atoms with Gasteiger partial charge in [0.25, 0.3) is 11.8 Å². The number of allylic oxidation sites excluding steroid dienone is 1. The number of nitrogens with zero attached hydrogens (tertiary/aromatic N) is 1. The molecule has 0 atom stereocenters. The number of halogens is 2. The molecule has 39 heavy (non-hydrogen) atoms. The second-order valence-corrected chi connectivity index (χ2v) is 9.29. The molecule has 0 aliphatic carbocycles. The second-order valence-electron chi connectivity index (χ2n) is 9.29. The highest BCUT2D eigenvalue weighted by molar-refractivity contribution is 6.12. The van der Waals surface area contributed by atoms with Crippen LogP contribution in [0.25, 0.3) is 33.4 Å². The molecular formula is C30H27F2N3O4. The topological polar surface area (TPSA) is 91.6 Å². The summed E-state index contributed by atoms with van der Waals surface area (Å²) < 4.78 is 34.3. The van der Waals surface area contributed by atoms with Crippen LogP contribution in [0.3, 0.4) is 0 Å². The molecule has 4 aromatic rings. The van der Waals surface area contributed by atoms with E-state index in [1.807, 2.05) is 0 Å². The molecule has 2 N–H and O–H groups in total. The first-order valence-corrected chi connectivity index (χ1v) is 12.0. The molecule has 0 radical (unpaired) electrons. The molecule has 0 unspecified atom stereocenters. The molecule has 7 nitrogen and oxygen atoms in total. The molecular weight excluding hydrogens is 504 g/mol. The number of likely N-dealkylation sites (N-methyl/N-ethyl adjacent to an activating group) is 1. The van der Waals surface area contributed by atoms with Gasteiger partial charge in [-0.05, 0) is 72.1 Å². The lowest BCUT2D eigenvalue weighted by atomic mass is 9.93. The molecule has 1 aromatic heterocycles. The average Bonchev–Trinajstić information content (AvgIpc) is 3.26. The molecule has 9 heteroatoms. The van der Waals surface area contributed by atoms with Crippen LogP contribution < -0.4 is 10.6 Å². The fourth-order valence-corrected chi connectivity index (χ4v) is 4.20. The SMILES string of the molecule is C=C(C)NC(=O)c1cc(-c2cc3c(C(=O)NC)c(-c4ccc(F)cc4)oc3cc2CC(=O)N(C)C)ccc1F. The Labute approximate surface area is 224 Å². The van der Waals surface area contributed by atoms with Crippen molar-refractivity contribution in [2.75, 3.05) is 21.1 Å². The minimum atomic E-state index is -0.725.